The van der Waals surface area contributed by atoms with Gasteiger partial charge < -0.3 is 20.7 Å². The van der Waals surface area contributed by atoms with Gasteiger partial charge in [0.05, 0.1) is 11.3 Å². The molecule has 17 heavy (non-hydrogen) atoms. The second-order valence-corrected chi connectivity index (χ2v) is 3.52. The summed E-state index contributed by atoms with van der Waals surface area (Å²) in [4.78, 5) is 11.8. The Morgan fingerprint density at radius 2 is 2.29 bits per heavy atom. The molecule has 1 amide bonds. The molecule has 2 aromatic rings. The van der Waals surface area contributed by atoms with E-state index in [1.165, 1.54) is 12.1 Å². The largest absolute Gasteiger partial charge is 0.505 e. The molecular formula is C11H11N3O3. The lowest BCUT2D eigenvalue weighted by atomic mass is 10.1. The van der Waals surface area contributed by atoms with Crippen molar-refractivity contribution in [2.24, 2.45) is 0 Å². The van der Waals surface area contributed by atoms with Crippen LogP contribution < -0.4 is 11.1 Å². The summed E-state index contributed by atoms with van der Waals surface area (Å²) in [5.41, 5.74) is 5.73. The SMILES string of the molecule is Cc1cc(NC(=O)c2cccc(N)c2O)no1. The van der Waals surface area contributed by atoms with E-state index in [4.69, 9.17) is 10.3 Å². The van der Waals surface area contributed by atoms with Crippen molar-refractivity contribution in [2.75, 3.05) is 11.1 Å². The Morgan fingerprint density at radius 3 is 2.94 bits per heavy atom. The number of phenolic OH excluding ortho intramolecular Hbond substituents is 1. The molecule has 88 valence electrons. The normalized spacial score (nSPS) is 10.2. The molecule has 1 aromatic heterocycles. The Kier molecular flexibility index (Phi) is 2.70. The number of aromatic hydroxyl groups is 1. The third-order valence-corrected chi connectivity index (χ3v) is 2.18. The van der Waals surface area contributed by atoms with Gasteiger partial charge in [0.1, 0.15) is 5.76 Å². The lowest BCUT2D eigenvalue weighted by Gasteiger charge is -2.05. The van der Waals surface area contributed by atoms with Gasteiger partial charge in [-0.05, 0) is 19.1 Å². The molecule has 0 saturated heterocycles. The van der Waals surface area contributed by atoms with E-state index >= 15 is 0 Å². The monoisotopic (exact) mass is 233 g/mol. The molecule has 0 aliphatic rings. The average Bonchev–Trinajstić information content (AvgIpc) is 2.68. The number of nitrogens with one attached hydrogen (secondary N) is 1. The summed E-state index contributed by atoms with van der Waals surface area (Å²) in [6, 6.07) is 6.12. The predicted octanol–water partition coefficient (Wildman–Crippen LogP) is 1.52. The number of amides is 1. The number of nitrogens with two attached hydrogens (primary N) is 1. The molecule has 0 unspecified atom stereocenters. The molecule has 0 atom stereocenters. The van der Waals surface area contributed by atoms with Crippen molar-refractivity contribution in [3.8, 4) is 5.75 Å². The second kappa shape index (κ2) is 4.17. The molecular weight excluding hydrogens is 222 g/mol. The van der Waals surface area contributed by atoms with Gasteiger partial charge in [-0.15, -0.1) is 0 Å². The summed E-state index contributed by atoms with van der Waals surface area (Å²) in [6.45, 7) is 1.71. The number of anilines is 2. The zero-order valence-corrected chi connectivity index (χ0v) is 9.10. The third-order valence-electron chi connectivity index (χ3n) is 2.18. The van der Waals surface area contributed by atoms with E-state index in [-0.39, 0.29) is 22.8 Å². The zero-order valence-electron chi connectivity index (χ0n) is 9.10. The fraction of sp³-hybridized carbons (Fsp3) is 0.0909. The minimum absolute atomic E-state index is 0.0886. The number of rotatable bonds is 2. The van der Waals surface area contributed by atoms with Crippen molar-refractivity contribution in [3.63, 3.8) is 0 Å². The molecule has 6 heteroatoms. The average molecular weight is 233 g/mol. The van der Waals surface area contributed by atoms with E-state index in [1.54, 1.807) is 19.1 Å². The van der Waals surface area contributed by atoms with E-state index in [0.717, 1.165) is 0 Å². The highest BCUT2D eigenvalue weighted by molar-refractivity contribution is 6.06. The maximum absolute atomic E-state index is 11.8. The molecule has 1 aromatic carbocycles. The van der Waals surface area contributed by atoms with Crippen LogP contribution in [0.1, 0.15) is 16.1 Å². The molecule has 0 fully saturated rings. The van der Waals surface area contributed by atoms with Crippen molar-refractivity contribution in [3.05, 3.63) is 35.6 Å². The first kappa shape index (κ1) is 11.0. The van der Waals surface area contributed by atoms with Crippen LogP contribution in [0.15, 0.2) is 28.8 Å². The van der Waals surface area contributed by atoms with Gasteiger partial charge in [0.25, 0.3) is 5.91 Å². The number of carbonyl (C=O) groups is 1. The van der Waals surface area contributed by atoms with Gasteiger partial charge in [-0.3, -0.25) is 4.79 Å². The van der Waals surface area contributed by atoms with Gasteiger partial charge in [-0.2, -0.15) is 0 Å². The van der Waals surface area contributed by atoms with E-state index in [9.17, 15) is 9.90 Å². The number of hydrogen-bond donors (Lipinski definition) is 3. The molecule has 0 aliphatic carbocycles. The molecule has 2 rings (SSSR count). The van der Waals surface area contributed by atoms with Crippen LogP contribution in [0, 0.1) is 6.92 Å². The summed E-state index contributed by atoms with van der Waals surface area (Å²) in [5.74, 6) is 0.125. The van der Waals surface area contributed by atoms with Crippen molar-refractivity contribution in [1.29, 1.82) is 0 Å². The van der Waals surface area contributed by atoms with Gasteiger partial charge in [0.2, 0.25) is 0 Å². The Hall–Kier alpha value is -2.50. The second-order valence-electron chi connectivity index (χ2n) is 3.52. The first-order valence-corrected chi connectivity index (χ1v) is 4.90. The van der Waals surface area contributed by atoms with Crippen LogP contribution >= 0.6 is 0 Å². The Labute approximate surface area is 97.0 Å². The van der Waals surface area contributed by atoms with Crippen LogP contribution in [0.5, 0.6) is 5.75 Å². The number of aryl methyl sites for hydroxylation is 1. The summed E-state index contributed by atoms with van der Waals surface area (Å²) in [5, 5.41) is 15.7. The summed E-state index contributed by atoms with van der Waals surface area (Å²) < 4.78 is 4.80. The van der Waals surface area contributed by atoms with Crippen molar-refractivity contribution >= 4 is 17.4 Å². The zero-order chi connectivity index (χ0) is 12.4. The van der Waals surface area contributed by atoms with Gasteiger partial charge in [0.15, 0.2) is 11.6 Å². The summed E-state index contributed by atoms with van der Waals surface area (Å²) >= 11 is 0. The summed E-state index contributed by atoms with van der Waals surface area (Å²) in [6.07, 6.45) is 0. The first-order valence-electron chi connectivity index (χ1n) is 4.90. The molecule has 4 N–H and O–H groups in total. The number of phenols is 1. The highest BCUT2D eigenvalue weighted by Crippen LogP contribution is 2.25. The number of nitrogen functional groups attached to an aromatic ring is 1. The van der Waals surface area contributed by atoms with Crippen LogP contribution in [-0.4, -0.2) is 16.2 Å². The number of aromatic nitrogens is 1. The minimum atomic E-state index is -0.497. The summed E-state index contributed by atoms with van der Waals surface area (Å²) in [7, 11) is 0. The van der Waals surface area contributed by atoms with Gasteiger partial charge in [-0.25, -0.2) is 0 Å². The minimum Gasteiger partial charge on any atom is -0.505 e. The Morgan fingerprint density at radius 1 is 1.53 bits per heavy atom. The van der Waals surface area contributed by atoms with Crippen LogP contribution in [-0.2, 0) is 0 Å². The van der Waals surface area contributed by atoms with Crippen molar-refractivity contribution in [1.82, 2.24) is 5.16 Å². The van der Waals surface area contributed by atoms with E-state index in [2.05, 4.69) is 10.5 Å². The quantitative estimate of drug-likeness (QED) is 0.539. The predicted molar refractivity (Wildman–Crippen MR) is 61.7 cm³/mol. The molecule has 0 bridgehead atoms. The van der Waals surface area contributed by atoms with Crippen LogP contribution in [0.2, 0.25) is 0 Å². The smallest absolute Gasteiger partial charge is 0.260 e. The van der Waals surface area contributed by atoms with Gasteiger partial charge >= 0.3 is 0 Å². The topological polar surface area (TPSA) is 101 Å². The first-order chi connectivity index (χ1) is 8.08. The number of para-hydroxylation sites is 1. The fourth-order valence-electron chi connectivity index (χ4n) is 1.35. The highest BCUT2D eigenvalue weighted by Gasteiger charge is 2.14. The van der Waals surface area contributed by atoms with Crippen LogP contribution in [0.25, 0.3) is 0 Å². The number of nitrogens with zero attached hydrogens (tertiary/aromatic N) is 1. The molecule has 0 aliphatic heterocycles. The van der Waals surface area contributed by atoms with Crippen LogP contribution in [0.3, 0.4) is 0 Å². The molecule has 0 radical (unpaired) electrons. The highest BCUT2D eigenvalue weighted by atomic mass is 16.5. The fourth-order valence-corrected chi connectivity index (χ4v) is 1.35. The Balaban J connectivity index is 2.23. The van der Waals surface area contributed by atoms with Crippen LogP contribution in [0.4, 0.5) is 11.5 Å². The van der Waals surface area contributed by atoms with E-state index < -0.39 is 5.91 Å². The van der Waals surface area contributed by atoms with Crippen molar-refractivity contribution < 1.29 is 14.4 Å². The van der Waals surface area contributed by atoms with E-state index in [0.29, 0.717) is 5.76 Å². The van der Waals surface area contributed by atoms with Gasteiger partial charge in [-0.1, -0.05) is 11.2 Å². The molecule has 6 nitrogen and oxygen atoms in total. The third kappa shape index (κ3) is 2.20. The van der Waals surface area contributed by atoms with E-state index in [1.807, 2.05) is 0 Å². The number of carbonyl (C=O) groups excluding carboxylic acids is 1. The molecule has 0 saturated carbocycles. The maximum atomic E-state index is 11.8. The van der Waals surface area contributed by atoms with Crippen molar-refractivity contribution in [2.45, 2.75) is 6.92 Å². The molecule has 1 heterocycles. The Bertz CT molecular complexity index is 563. The number of benzene rings is 1. The standard InChI is InChI=1S/C11H11N3O3/c1-6-5-9(14-17-6)13-11(16)7-3-2-4-8(12)10(7)15/h2-5,15H,12H2,1H3,(H,13,14,16). The number of hydrogen-bond acceptors (Lipinski definition) is 5. The van der Waals surface area contributed by atoms with Gasteiger partial charge in [0, 0.05) is 6.07 Å². The lowest BCUT2D eigenvalue weighted by Crippen LogP contribution is -2.12. The lowest BCUT2D eigenvalue weighted by molar-refractivity contribution is 0.102. The molecule has 0 spiro atoms. The maximum Gasteiger partial charge on any atom is 0.260 e.